The van der Waals surface area contributed by atoms with Crippen molar-refractivity contribution in [1.29, 1.82) is 0 Å². The molecule has 10 heteroatoms. The van der Waals surface area contributed by atoms with Crippen molar-refractivity contribution < 1.29 is 9.42 Å². The van der Waals surface area contributed by atoms with Gasteiger partial charge in [-0.3, -0.25) is 9.78 Å². The number of nitrogens with one attached hydrogen (secondary N) is 1. The summed E-state index contributed by atoms with van der Waals surface area (Å²) in [6.07, 6.45) is 2.45. The molecule has 0 saturated heterocycles. The zero-order chi connectivity index (χ0) is 22.7. The number of benzene rings is 1. The molecule has 0 spiro atoms. The molecule has 4 aromatic rings. The molecule has 0 aliphatic rings. The lowest BCUT2D eigenvalue weighted by Crippen LogP contribution is -2.27. The summed E-state index contributed by atoms with van der Waals surface area (Å²) in [7, 11) is 4.01. The Hall–Kier alpha value is -3.79. The number of hydrogen-bond donors (Lipinski definition) is 2. The number of anilines is 1. The number of nitrogens with two attached hydrogens (primary N) is 1. The summed E-state index contributed by atoms with van der Waals surface area (Å²) in [6.45, 7) is 3.95. The Balaban J connectivity index is 1.85. The highest BCUT2D eigenvalue weighted by Gasteiger charge is 2.25. The van der Waals surface area contributed by atoms with Crippen molar-refractivity contribution in [2.45, 2.75) is 19.9 Å². The lowest BCUT2D eigenvalue weighted by molar-refractivity contribution is 0.0953. The Morgan fingerprint density at radius 2 is 1.97 bits per heavy atom. The van der Waals surface area contributed by atoms with E-state index in [4.69, 9.17) is 15.3 Å². The van der Waals surface area contributed by atoms with Crippen LogP contribution in [-0.4, -0.2) is 62.8 Å². The molecular formula is C22H26N8O2. The van der Waals surface area contributed by atoms with Crippen LogP contribution in [0.15, 0.2) is 41.2 Å². The predicted molar refractivity (Wildman–Crippen MR) is 122 cm³/mol. The van der Waals surface area contributed by atoms with Gasteiger partial charge in [-0.25, -0.2) is 9.61 Å². The SMILES string of the molecule is CCn1c(-c2nonc2N)nc2c(-c3ccccc3)ncc(C(=O)NCCCN(C)C)c21. The van der Waals surface area contributed by atoms with E-state index >= 15 is 0 Å². The maximum absolute atomic E-state index is 13.1. The summed E-state index contributed by atoms with van der Waals surface area (Å²) >= 11 is 0. The van der Waals surface area contributed by atoms with Crippen LogP contribution < -0.4 is 11.1 Å². The average molecular weight is 435 g/mol. The predicted octanol–water partition coefficient (Wildman–Crippen LogP) is 2.43. The Kier molecular flexibility index (Phi) is 6.13. The monoisotopic (exact) mass is 434 g/mol. The number of nitrogen functional groups attached to an aromatic ring is 1. The van der Waals surface area contributed by atoms with Crippen molar-refractivity contribution in [3.05, 3.63) is 42.1 Å². The topological polar surface area (TPSA) is 128 Å². The van der Waals surface area contributed by atoms with Crippen molar-refractivity contribution in [1.82, 2.24) is 35.1 Å². The second-order valence-electron chi connectivity index (χ2n) is 7.67. The molecule has 0 aliphatic heterocycles. The summed E-state index contributed by atoms with van der Waals surface area (Å²) in [4.78, 5) is 24.6. The van der Waals surface area contributed by atoms with E-state index in [0.717, 1.165) is 18.5 Å². The van der Waals surface area contributed by atoms with Gasteiger partial charge in [0.05, 0.1) is 16.8 Å². The highest BCUT2D eigenvalue weighted by Crippen LogP contribution is 2.33. The van der Waals surface area contributed by atoms with Gasteiger partial charge in [-0.15, -0.1) is 0 Å². The number of imidazole rings is 1. The molecule has 3 aromatic heterocycles. The molecule has 1 aromatic carbocycles. The van der Waals surface area contributed by atoms with Crippen molar-refractivity contribution in [2.75, 3.05) is 32.9 Å². The zero-order valence-corrected chi connectivity index (χ0v) is 18.4. The van der Waals surface area contributed by atoms with Crippen molar-refractivity contribution in [2.24, 2.45) is 0 Å². The van der Waals surface area contributed by atoms with E-state index in [1.54, 1.807) is 6.20 Å². The molecule has 3 N–H and O–H groups in total. The average Bonchev–Trinajstić information content (AvgIpc) is 3.39. The number of amides is 1. The molecule has 4 rings (SSSR count). The smallest absolute Gasteiger partial charge is 0.255 e. The molecule has 0 bridgehead atoms. The second kappa shape index (κ2) is 9.15. The first kappa shape index (κ1) is 21.4. The number of aromatic nitrogens is 5. The highest BCUT2D eigenvalue weighted by molar-refractivity contribution is 6.08. The number of rotatable bonds is 8. The fourth-order valence-electron chi connectivity index (χ4n) is 3.65. The molecule has 3 heterocycles. The number of fused-ring (bicyclic) bond motifs is 1. The van der Waals surface area contributed by atoms with Gasteiger partial charge in [0.25, 0.3) is 5.91 Å². The minimum atomic E-state index is -0.201. The van der Waals surface area contributed by atoms with E-state index in [9.17, 15) is 4.79 Å². The standard InChI is InChI=1S/C22H26N8O2/c1-4-30-19-15(22(31)24-11-8-12-29(2)3)13-25-16(14-9-6-5-7-10-14)17(19)26-21(30)18-20(23)28-32-27-18/h5-7,9-10,13H,4,8,11-12H2,1-3H3,(H2,23,28)(H,24,31). The fourth-order valence-corrected chi connectivity index (χ4v) is 3.65. The zero-order valence-electron chi connectivity index (χ0n) is 18.4. The van der Waals surface area contributed by atoms with Crippen LogP contribution in [0.5, 0.6) is 0 Å². The summed E-state index contributed by atoms with van der Waals surface area (Å²) < 4.78 is 6.69. The van der Waals surface area contributed by atoms with Gasteiger partial charge in [0, 0.05) is 24.8 Å². The normalized spacial score (nSPS) is 11.4. The summed E-state index contributed by atoms with van der Waals surface area (Å²) in [5.41, 5.74) is 9.56. The minimum absolute atomic E-state index is 0.138. The molecular weight excluding hydrogens is 408 g/mol. The number of nitrogens with zero attached hydrogens (tertiary/aromatic N) is 6. The lowest BCUT2D eigenvalue weighted by Gasteiger charge is -2.12. The van der Waals surface area contributed by atoms with Gasteiger partial charge in [0.15, 0.2) is 17.3 Å². The Bertz CT molecular complexity index is 1230. The Morgan fingerprint density at radius 1 is 1.19 bits per heavy atom. The summed E-state index contributed by atoms with van der Waals surface area (Å²) in [6, 6.07) is 9.73. The number of carbonyl (C=O) groups is 1. The summed E-state index contributed by atoms with van der Waals surface area (Å²) in [5.74, 6) is 0.417. The van der Waals surface area contributed by atoms with Crippen molar-refractivity contribution in [3.63, 3.8) is 0 Å². The van der Waals surface area contributed by atoms with E-state index in [1.807, 2.05) is 55.9 Å². The second-order valence-corrected chi connectivity index (χ2v) is 7.67. The molecule has 10 nitrogen and oxygen atoms in total. The van der Waals surface area contributed by atoms with E-state index in [1.165, 1.54) is 0 Å². The van der Waals surface area contributed by atoms with Gasteiger partial charge in [0.2, 0.25) is 0 Å². The first-order chi connectivity index (χ1) is 15.5. The van der Waals surface area contributed by atoms with Crippen molar-refractivity contribution in [3.8, 4) is 22.8 Å². The van der Waals surface area contributed by atoms with Crippen LogP contribution in [0, 0.1) is 0 Å². The maximum Gasteiger partial charge on any atom is 0.255 e. The highest BCUT2D eigenvalue weighted by atomic mass is 16.6. The third-order valence-electron chi connectivity index (χ3n) is 5.17. The third kappa shape index (κ3) is 4.04. The van der Waals surface area contributed by atoms with Gasteiger partial charge in [0.1, 0.15) is 5.52 Å². The first-order valence-corrected chi connectivity index (χ1v) is 10.5. The Morgan fingerprint density at radius 3 is 2.62 bits per heavy atom. The first-order valence-electron chi connectivity index (χ1n) is 10.5. The van der Waals surface area contributed by atoms with E-state index in [0.29, 0.717) is 46.9 Å². The van der Waals surface area contributed by atoms with Crippen LogP contribution in [-0.2, 0) is 6.54 Å². The molecule has 0 fully saturated rings. The molecule has 166 valence electrons. The molecule has 0 unspecified atom stereocenters. The van der Waals surface area contributed by atoms with Gasteiger partial charge < -0.3 is 20.5 Å². The number of hydrogen-bond acceptors (Lipinski definition) is 8. The Labute approximate surface area is 185 Å². The van der Waals surface area contributed by atoms with E-state index in [2.05, 4.69) is 25.5 Å². The van der Waals surface area contributed by atoms with Gasteiger partial charge in [-0.05, 0) is 44.3 Å². The van der Waals surface area contributed by atoms with Crippen molar-refractivity contribution >= 4 is 22.8 Å². The third-order valence-corrected chi connectivity index (χ3v) is 5.17. The number of pyridine rings is 1. The quantitative estimate of drug-likeness (QED) is 0.405. The van der Waals surface area contributed by atoms with Crippen LogP contribution in [0.4, 0.5) is 5.82 Å². The van der Waals surface area contributed by atoms with Crippen LogP contribution in [0.1, 0.15) is 23.7 Å². The van der Waals surface area contributed by atoms with Crippen LogP contribution in [0.25, 0.3) is 33.8 Å². The number of aryl methyl sites for hydroxylation is 1. The minimum Gasteiger partial charge on any atom is -0.379 e. The largest absolute Gasteiger partial charge is 0.379 e. The lowest BCUT2D eigenvalue weighted by atomic mass is 10.1. The van der Waals surface area contributed by atoms with Crippen LogP contribution in [0.3, 0.4) is 0 Å². The molecule has 0 radical (unpaired) electrons. The van der Waals surface area contributed by atoms with Crippen LogP contribution >= 0.6 is 0 Å². The maximum atomic E-state index is 13.1. The van der Waals surface area contributed by atoms with Gasteiger partial charge in [-0.2, -0.15) is 0 Å². The molecule has 1 amide bonds. The number of carbonyl (C=O) groups excluding carboxylic acids is 1. The molecule has 32 heavy (non-hydrogen) atoms. The molecule has 0 aliphatic carbocycles. The van der Waals surface area contributed by atoms with E-state index < -0.39 is 0 Å². The van der Waals surface area contributed by atoms with Crippen LogP contribution in [0.2, 0.25) is 0 Å². The fraction of sp³-hybridized carbons (Fsp3) is 0.318. The summed E-state index contributed by atoms with van der Waals surface area (Å²) in [5, 5.41) is 10.6. The molecule has 0 saturated carbocycles. The van der Waals surface area contributed by atoms with E-state index in [-0.39, 0.29) is 11.7 Å². The van der Waals surface area contributed by atoms with Gasteiger partial charge in [-0.1, -0.05) is 30.3 Å². The van der Waals surface area contributed by atoms with Gasteiger partial charge >= 0.3 is 0 Å². The molecule has 0 atom stereocenters.